The molecule has 7 nitrogen and oxygen atoms in total. The van der Waals surface area contributed by atoms with Crippen molar-refractivity contribution in [3.05, 3.63) is 33.9 Å². The molecule has 0 spiro atoms. The number of carbonyl (C=O) groups excluding carboxylic acids is 1. The largest absolute Gasteiger partial charge is 0.444 e. The van der Waals surface area contributed by atoms with Gasteiger partial charge in [0.05, 0.1) is 17.4 Å². The van der Waals surface area contributed by atoms with E-state index in [1.807, 2.05) is 33.8 Å². The number of hydrogen-bond acceptors (Lipinski definition) is 4. The number of aromatic amines is 1. The van der Waals surface area contributed by atoms with Crippen molar-refractivity contribution in [1.82, 2.24) is 19.5 Å². The second kappa shape index (κ2) is 7.37. The Kier molecular flexibility index (Phi) is 5.31. The van der Waals surface area contributed by atoms with E-state index >= 15 is 0 Å². The van der Waals surface area contributed by atoms with E-state index in [0.717, 1.165) is 37.1 Å². The molecule has 1 saturated carbocycles. The van der Waals surface area contributed by atoms with Crippen LogP contribution >= 0.6 is 0 Å². The first-order chi connectivity index (χ1) is 12.7. The summed E-state index contributed by atoms with van der Waals surface area (Å²) in [4.78, 5) is 31.6. The smallest absolute Gasteiger partial charge is 0.410 e. The standard InChI is InChI=1S/C20H30N4O3/c1-6-8-16(23(7-2)19(26)27-20(3,4)5)15-11-17-21-14(13-9-10-13)12-18(25)24(17)22-15/h11-13,16,22H,6-10H2,1-5H3. The van der Waals surface area contributed by atoms with Gasteiger partial charge in [0.15, 0.2) is 5.65 Å². The van der Waals surface area contributed by atoms with Crippen LogP contribution in [0.15, 0.2) is 16.9 Å². The van der Waals surface area contributed by atoms with Crippen LogP contribution in [-0.2, 0) is 4.74 Å². The van der Waals surface area contributed by atoms with Crippen LogP contribution in [0.25, 0.3) is 5.65 Å². The lowest BCUT2D eigenvalue weighted by Crippen LogP contribution is -2.39. The molecule has 1 aliphatic carbocycles. The first-order valence-electron chi connectivity index (χ1n) is 9.85. The molecule has 3 rings (SSSR count). The fraction of sp³-hybridized carbons (Fsp3) is 0.650. The summed E-state index contributed by atoms with van der Waals surface area (Å²) in [5.41, 5.74) is 1.63. The lowest BCUT2D eigenvalue weighted by molar-refractivity contribution is 0.0156. The first kappa shape index (κ1) is 19.5. The highest BCUT2D eigenvalue weighted by Crippen LogP contribution is 2.38. The Morgan fingerprint density at radius 3 is 2.63 bits per heavy atom. The molecule has 27 heavy (non-hydrogen) atoms. The second-order valence-electron chi connectivity index (χ2n) is 8.27. The molecule has 2 heterocycles. The van der Waals surface area contributed by atoms with Gasteiger partial charge in [-0.25, -0.2) is 14.3 Å². The highest BCUT2D eigenvalue weighted by molar-refractivity contribution is 5.68. The number of nitrogens with zero attached hydrogens (tertiary/aromatic N) is 3. The number of hydrogen-bond donors (Lipinski definition) is 1. The van der Waals surface area contributed by atoms with E-state index in [9.17, 15) is 9.59 Å². The van der Waals surface area contributed by atoms with Gasteiger partial charge in [0.25, 0.3) is 5.56 Å². The fourth-order valence-corrected chi connectivity index (χ4v) is 3.34. The molecule has 7 heteroatoms. The molecule has 1 fully saturated rings. The molecule has 0 saturated heterocycles. The van der Waals surface area contributed by atoms with E-state index in [1.165, 1.54) is 4.52 Å². The Morgan fingerprint density at radius 1 is 1.37 bits per heavy atom. The number of rotatable bonds is 6. The van der Waals surface area contributed by atoms with Gasteiger partial charge >= 0.3 is 6.09 Å². The maximum atomic E-state index is 12.7. The van der Waals surface area contributed by atoms with Gasteiger partial charge < -0.3 is 4.74 Å². The van der Waals surface area contributed by atoms with Crippen molar-refractivity contribution in [3.8, 4) is 0 Å². The van der Waals surface area contributed by atoms with Crippen LogP contribution in [0.5, 0.6) is 0 Å². The zero-order valence-corrected chi connectivity index (χ0v) is 16.9. The monoisotopic (exact) mass is 374 g/mol. The lowest BCUT2D eigenvalue weighted by atomic mass is 10.1. The van der Waals surface area contributed by atoms with Gasteiger partial charge in [-0.2, -0.15) is 0 Å². The zero-order chi connectivity index (χ0) is 19.8. The molecule has 1 N–H and O–H groups in total. The minimum absolute atomic E-state index is 0.108. The quantitative estimate of drug-likeness (QED) is 0.829. The van der Waals surface area contributed by atoms with Crippen LogP contribution in [-0.4, -0.2) is 37.7 Å². The molecule has 1 atom stereocenters. The summed E-state index contributed by atoms with van der Waals surface area (Å²) in [6.07, 6.45) is 3.52. The zero-order valence-electron chi connectivity index (χ0n) is 16.9. The van der Waals surface area contributed by atoms with Crippen molar-refractivity contribution in [1.29, 1.82) is 0 Å². The average Bonchev–Trinajstić information content (AvgIpc) is 3.32. The fourth-order valence-electron chi connectivity index (χ4n) is 3.34. The minimum atomic E-state index is -0.556. The summed E-state index contributed by atoms with van der Waals surface area (Å²) in [5.74, 6) is 0.418. The molecule has 1 unspecified atom stereocenters. The predicted octanol–water partition coefficient (Wildman–Crippen LogP) is 4.00. The maximum absolute atomic E-state index is 12.7. The Bertz CT molecular complexity index is 873. The third kappa shape index (κ3) is 4.34. The molecular formula is C20H30N4O3. The van der Waals surface area contributed by atoms with Gasteiger partial charge in [0.2, 0.25) is 0 Å². The third-order valence-corrected chi connectivity index (χ3v) is 4.75. The van der Waals surface area contributed by atoms with E-state index in [1.54, 1.807) is 11.0 Å². The number of ether oxygens (including phenoxy) is 1. The predicted molar refractivity (Wildman–Crippen MR) is 104 cm³/mol. The van der Waals surface area contributed by atoms with Gasteiger partial charge in [-0.3, -0.25) is 14.8 Å². The second-order valence-corrected chi connectivity index (χ2v) is 8.27. The van der Waals surface area contributed by atoms with Crippen LogP contribution < -0.4 is 5.56 Å². The van der Waals surface area contributed by atoms with Crippen LogP contribution in [0.1, 0.15) is 83.6 Å². The summed E-state index contributed by atoms with van der Waals surface area (Å²) < 4.78 is 7.05. The van der Waals surface area contributed by atoms with Crippen molar-refractivity contribution in [2.75, 3.05) is 6.54 Å². The van der Waals surface area contributed by atoms with E-state index in [-0.39, 0.29) is 17.7 Å². The molecule has 2 aromatic rings. The molecule has 2 aromatic heterocycles. The molecular weight excluding hydrogens is 344 g/mol. The highest BCUT2D eigenvalue weighted by atomic mass is 16.6. The Morgan fingerprint density at radius 2 is 2.07 bits per heavy atom. The summed E-state index contributed by atoms with van der Waals surface area (Å²) in [7, 11) is 0. The molecule has 0 bridgehead atoms. The highest BCUT2D eigenvalue weighted by Gasteiger charge is 2.30. The van der Waals surface area contributed by atoms with Crippen molar-refractivity contribution in [3.63, 3.8) is 0 Å². The van der Waals surface area contributed by atoms with E-state index in [2.05, 4.69) is 17.0 Å². The van der Waals surface area contributed by atoms with Crippen molar-refractivity contribution in [2.45, 2.75) is 77.9 Å². The Hall–Kier alpha value is -2.31. The van der Waals surface area contributed by atoms with E-state index in [0.29, 0.717) is 18.1 Å². The van der Waals surface area contributed by atoms with Crippen LogP contribution in [0.4, 0.5) is 4.79 Å². The Labute approximate surface area is 159 Å². The third-order valence-electron chi connectivity index (χ3n) is 4.75. The van der Waals surface area contributed by atoms with Crippen molar-refractivity contribution < 1.29 is 9.53 Å². The van der Waals surface area contributed by atoms with Crippen LogP contribution in [0.3, 0.4) is 0 Å². The van der Waals surface area contributed by atoms with Crippen molar-refractivity contribution in [2.24, 2.45) is 0 Å². The van der Waals surface area contributed by atoms with Gasteiger partial charge in [-0.05, 0) is 47.0 Å². The Balaban J connectivity index is 1.96. The summed E-state index contributed by atoms with van der Waals surface area (Å²) in [5, 5.41) is 3.16. The van der Waals surface area contributed by atoms with Gasteiger partial charge in [-0.1, -0.05) is 13.3 Å². The van der Waals surface area contributed by atoms with Crippen LogP contribution in [0.2, 0.25) is 0 Å². The van der Waals surface area contributed by atoms with Gasteiger partial charge in [0, 0.05) is 24.6 Å². The van der Waals surface area contributed by atoms with Gasteiger partial charge in [-0.15, -0.1) is 0 Å². The first-order valence-corrected chi connectivity index (χ1v) is 9.85. The normalized spacial score (nSPS) is 15.7. The number of aromatic nitrogens is 3. The summed E-state index contributed by atoms with van der Waals surface area (Å²) in [6.45, 7) is 10.1. The maximum Gasteiger partial charge on any atom is 0.410 e. The number of carbonyl (C=O) groups is 1. The number of nitrogens with one attached hydrogen (secondary N) is 1. The number of H-pyrrole nitrogens is 1. The SMILES string of the molecule is CCCC(c1cc2nc(C3CC3)cc(=O)n2[nH]1)N(CC)C(=O)OC(C)(C)C. The summed E-state index contributed by atoms with van der Waals surface area (Å²) >= 11 is 0. The van der Waals surface area contributed by atoms with E-state index < -0.39 is 5.60 Å². The minimum Gasteiger partial charge on any atom is -0.444 e. The van der Waals surface area contributed by atoms with Crippen molar-refractivity contribution >= 4 is 11.7 Å². The summed E-state index contributed by atoms with van der Waals surface area (Å²) in [6, 6.07) is 3.31. The molecule has 0 aromatic carbocycles. The van der Waals surface area contributed by atoms with Crippen LogP contribution in [0, 0.1) is 0 Å². The molecule has 1 aliphatic rings. The average molecular weight is 374 g/mol. The topological polar surface area (TPSA) is 79.7 Å². The van der Waals surface area contributed by atoms with E-state index in [4.69, 9.17) is 4.74 Å². The molecule has 0 radical (unpaired) electrons. The lowest BCUT2D eigenvalue weighted by Gasteiger charge is -2.32. The molecule has 0 aliphatic heterocycles. The number of fused-ring (bicyclic) bond motifs is 1. The number of amides is 1. The molecule has 1 amide bonds. The molecule has 148 valence electrons. The van der Waals surface area contributed by atoms with Gasteiger partial charge in [0.1, 0.15) is 5.60 Å².